The Morgan fingerprint density at radius 3 is 1.34 bits per heavy atom. The third kappa shape index (κ3) is 4.53. The minimum absolute atomic E-state index is 1.16. The molecule has 0 N–H and O–H groups in total. The van der Waals surface area contributed by atoms with Crippen LogP contribution in [0.5, 0.6) is 0 Å². The summed E-state index contributed by atoms with van der Waals surface area (Å²) in [5.41, 5.74) is 13.6. The van der Waals surface area contributed by atoms with Crippen molar-refractivity contribution in [2.24, 2.45) is 0 Å². The molecule has 1 aliphatic carbocycles. The molecule has 68 heavy (non-hydrogen) atoms. The molecule has 11 aromatic carbocycles. The van der Waals surface area contributed by atoms with Gasteiger partial charge in [-0.1, -0.05) is 115 Å². The van der Waals surface area contributed by atoms with Crippen LogP contribution < -0.4 is 0 Å². The molecule has 313 valence electrons. The molecule has 1 radical (unpaired) electrons. The van der Waals surface area contributed by atoms with E-state index >= 15 is 0 Å². The molecule has 5 heteroatoms. The van der Waals surface area contributed by atoms with E-state index < -0.39 is 0 Å². The number of aromatic nitrogens is 3. The smallest absolute Gasteiger partial charge is 0.0555 e. The summed E-state index contributed by atoms with van der Waals surface area (Å²) in [7, 11) is 0. The summed E-state index contributed by atoms with van der Waals surface area (Å²) in [6, 6.07) is 75.0. The number of fused-ring (bicyclic) bond motifs is 24. The molecule has 5 aromatic heterocycles. The fraction of sp³-hybridized carbons (Fsp3) is 0. The summed E-state index contributed by atoms with van der Waals surface area (Å²) in [6.07, 6.45) is 2.42. The Labute approximate surface area is 396 Å². The van der Waals surface area contributed by atoms with Gasteiger partial charge >= 0.3 is 0 Å². The van der Waals surface area contributed by atoms with E-state index in [-0.39, 0.29) is 0 Å². The monoisotopic (exact) mass is 896 g/mol. The molecule has 0 saturated heterocycles. The summed E-state index contributed by atoms with van der Waals surface area (Å²) < 4.78 is 12.8. The first-order valence-corrected chi connectivity index (χ1v) is 25.0. The molecular weight excluding hydrogens is 863 g/mol. The van der Waals surface area contributed by atoms with E-state index in [2.05, 4.69) is 220 Å². The maximum absolute atomic E-state index is 2.50. The Hall–Kier alpha value is -8.22. The second-order valence-electron chi connectivity index (χ2n) is 18.5. The lowest BCUT2D eigenvalue weighted by Crippen LogP contribution is -1.95. The average Bonchev–Trinajstić information content (AvgIpc) is 3.66. The van der Waals surface area contributed by atoms with Gasteiger partial charge in [-0.15, -0.1) is 22.7 Å². The van der Waals surface area contributed by atoms with E-state index in [1.807, 2.05) is 22.7 Å². The summed E-state index contributed by atoms with van der Waals surface area (Å²) in [5, 5.41) is 18.3. The second kappa shape index (κ2) is 12.8. The van der Waals surface area contributed by atoms with Crippen LogP contribution in [0.3, 0.4) is 0 Å². The second-order valence-corrected chi connectivity index (χ2v) is 20.6. The van der Waals surface area contributed by atoms with Crippen molar-refractivity contribution >= 4 is 150 Å². The number of thiophene rings is 2. The molecular formula is C63H34N3S2. The molecule has 0 atom stereocenters. The predicted molar refractivity (Wildman–Crippen MR) is 293 cm³/mol. The van der Waals surface area contributed by atoms with Crippen molar-refractivity contribution in [2.75, 3.05) is 0 Å². The number of hydrogen-bond donors (Lipinski definition) is 0. The zero-order valence-corrected chi connectivity index (χ0v) is 37.9. The third-order valence-corrected chi connectivity index (χ3v) is 17.6. The van der Waals surface area contributed by atoms with E-state index in [4.69, 9.17) is 0 Å². The summed E-state index contributed by atoms with van der Waals surface area (Å²) in [5.74, 6) is 0. The highest BCUT2D eigenvalue weighted by atomic mass is 32.1. The molecule has 0 saturated carbocycles. The Kier molecular flexibility index (Phi) is 6.77. The zero-order valence-electron chi connectivity index (χ0n) is 36.3. The van der Waals surface area contributed by atoms with Crippen LogP contribution >= 0.6 is 22.7 Å². The number of benzene rings is 11. The van der Waals surface area contributed by atoms with E-state index in [1.165, 1.54) is 150 Å². The van der Waals surface area contributed by atoms with E-state index in [0.29, 0.717) is 0 Å². The summed E-state index contributed by atoms with van der Waals surface area (Å²) >= 11 is 3.82. The number of nitrogens with zero attached hydrogens (tertiary/aromatic N) is 3. The molecule has 0 unspecified atom stereocenters. The highest BCUT2D eigenvalue weighted by Crippen LogP contribution is 2.51. The molecule has 16 aromatic rings. The Morgan fingerprint density at radius 2 is 0.706 bits per heavy atom. The van der Waals surface area contributed by atoms with E-state index in [0.717, 1.165) is 5.69 Å². The van der Waals surface area contributed by atoms with Crippen LogP contribution in [0.2, 0.25) is 0 Å². The SMILES string of the molecule is [CH]1c2c1c1c(ccc3c1c1cc(-n4c5ccccc5c5c6sc7ccccc7c6ccc54)ccc1n3-c1ccccc1)c1cc(-n3c4ccccc4c4c5sc6ccccc6c5ccc43)ccc21. The lowest BCUT2D eigenvalue weighted by Gasteiger charge is -2.12. The maximum atomic E-state index is 2.50. The zero-order chi connectivity index (χ0) is 43.9. The van der Waals surface area contributed by atoms with Crippen LogP contribution in [0.4, 0.5) is 0 Å². The Balaban J connectivity index is 0.951. The molecule has 17 rings (SSSR count). The lowest BCUT2D eigenvalue weighted by atomic mass is 9.97. The van der Waals surface area contributed by atoms with Crippen molar-refractivity contribution in [1.29, 1.82) is 0 Å². The van der Waals surface area contributed by atoms with Gasteiger partial charge in [-0.2, -0.15) is 0 Å². The van der Waals surface area contributed by atoms with Gasteiger partial charge < -0.3 is 13.7 Å². The summed E-state index contributed by atoms with van der Waals surface area (Å²) in [6.45, 7) is 0. The number of para-hydroxylation sites is 3. The minimum atomic E-state index is 1.16. The van der Waals surface area contributed by atoms with Crippen LogP contribution in [0.1, 0.15) is 11.1 Å². The van der Waals surface area contributed by atoms with E-state index in [1.54, 1.807) is 0 Å². The highest BCUT2D eigenvalue weighted by Gasteiger charge is 2.30. The standard InChI is InChI=1S/C63H34N3S2/c1-2-12-35(13-3-1)64-52-28-23-37(66-51-19-9-5-17-45(51)61-55(66)31-27-43-40-15-7-11-21-57(40)68-63(43)61)33-49(52)59-53(64)29-25-41-46-32-36(22-24-38(46)47-34-48(47)58(41)59)65-50-18-8-4-16-44(50)60-54(65)30-26-42-39-14-6-10-20-56(39)67-62(42)60/h1-34H. The fourth-order valence-electron chi connectivity index (χ4n) is 12.3. The minimum Gasteiger partial charge on any atom is -0.309 e. The van der Waals surface area contributed by atoms with Crippen LogP contribution in [-0.4, -0.2) is 13.7 Å². The largest absolute Gasteiger partial charge is 0.309 e. The molecule has 3 nitrogen and oxygen atoms in total. The first kappa shape index (κ1) is 36.0. The van der Waals surface area contributed by atoms with Gasteiger partial charge in [-0.25, -0.2) is 0 Å². The van der Waals surface area contributed by atoms with E-state index in [9.17, 15) is 0 Å². The normalized spacial score (nSPS) is 12.9. The molecule has 1 aliphatic rings. The third-order valence-electron chi connectivity index (χ3n) is 15.2. The lowest BCUT2D eigenvalue weighted by molar-refractivity contribution is 1.17. The van der Waals surface area contributed by atoms with Crippen LogP contribution in [0, 0.1) is 6.42 Å². The van der Waals surface area contributed by atoms with Crippen molar-refractivity contribution in [3.63, 3.8) is 0 Å². The van der Waals surface area contributed by atoms with Gasteiger partial charge in [-0.3, -0.25) is 0 Å². The summed E-state index contributed by atoms with van der Waals surface area (Å²) in [4.78, 5) is 0. The van der Waals surface area contributed by atoms with Crippen LogP contribution in [-0.2, 0) is 0 Å². The molecule has 0 aliphatic heterocycles. The van der Waals surface area contributed by atoms with Gasteiger partial charge in [0, 0.05) is 96.1 Å². The molecule has 0 spiro atoms. The van der Waals surface area contributed by atoms with Crippen LogP contribution in [0.15, 0.2) is 200 Å². The first-order chi connectivity index (χ1) is 33.7. The quantitative estimate of drug-likeness (QED) is 0.157. The maximum Gasteiger partial charge on any atom is 0.0555 e. The molecule has 0 fully saturated rings. The Morgan fingerprint density at radius 1 is 0.250 bits per heavy atom. The van der Waals surface area contributed by atoms with Crippen molar-refractivity contribution in [1.82, 2.24) is 13.7 Å². The van der Waals surface area contributed by atoms with Gasteiger partial charge in [0.05, 0.1) is 33.1 Å². The fourth-order valence-corrected chi connectivity index (χ4v) is 14.8. The van der Waals surface area contributed by atoms with Crippen LogP contribution in [0.25, 0.3) is 144 Å². The van der Waals surface area contributed by atoms with Gasteiger partial charge in [0.2, 0.25) is 0 Å². The molecule has 5 heterocycles. The van der Waals surface area contributed by atoms with Crippen molar-refractivity contribution in [2.45, 2.75) is 0 Å². The predicted octanol–water partition coefficient (Wildman–Crippen LogP) is 17.9. The number of rotatable bonds is 3. The van der Waals surface area contributed by atoms with Gasteiger partial charge in [0.15, 0.2) is 0 Å². The Bertz CT molecular complexity index is 4940. The van der Waals surface area contributed by atoms with Gasteiger partial charge in [0.1, 0.15) is 0 Å². The molecule has 0 amide bonds. The highest BCUT2D eigenvalue weighted by molar-refractivity contribution is 7.27. The first-order valence-electron chi connectivity index (χ1n) is 23.3. The van der Waals surface area contributed by atoms with Crippen molar-refractivity contribution in [3.8, 4) is 17.1 Å². The van der Waals surface area contributed by atoms with Crippen molar-refractivity contribution in [3.05, 3.63) is 218 Å². The van der Waals surface area contributed by atoms with Gasteiger partial charge in [-0.05, 0) is 118 Å². The number of hydrogen-bond acceptors (Lipinski definition) is 2. The van der Waals surface area contributed by atoms with Crippen molar-refractivity contribution < 1.29 is 0 Å². The topological polar surface area (TPSA) is 14.8 Å². The average molecular weight is 897 g/mol. The van der Waals surface area contributed by atoms with Gasteiger partial charge in [0.25, 0.3) is 0 Å². The molecule has 0 bridgehead atoms.